The van der Waals surface area contributed by atoms with Crippen molar-refractivity contribution < 1.29 is 19.1 Å². The summed E-state index contributed by atoms with van der Waals surface area (Å²) in [6.45, 7) is 5.18. The van der Waals surface area contributed by atoms with Crippen LogP contribution in [0.15, 0.2) is 48.7 Å². The molecule has 1 amide bonds. The molecule has 0 aliphatic rings. The fourth-order valence-corrected chi connectivity index (χ4v) is 1.39. The van der Waals surface area contributed by atoms with Crippen LogP contribution in [-0.2, 0) is 9.53 Å². The topological polar surface area (TPSA) is 64.6 Å². The molecule has 0 spiro atoms. The average Bonchev–Trinajstić information content (AvgIpc) is 2.45. The van der Waals surface area contributed by atoms with E-state index in [9.17, 15) is 9.59 Å². The zero-order valence-electron chi connectivity index (χ0n) is 11.5. The molecule has 0 saturated carbocycles. The molecule has 5 heteroatoms. The highest BCUT2D eigenvalue weighted by Gasteiger charge is 2.07. The van der Waals surface area contributed by atoms with Gasteiger partial charge < -0.3 is 14.8 Å². The van der Waals surface area contributed by atoms with Gasteiger partial charge in [-0.3, -0.25) is 4.79 Å². The van der Waals surface area contributed by atoms with E-state index in [0.717, 1.165) is 0 Å². The molecule has 0 saturated heterocycles. The number of rotatable bonds is 6. The maximum absolute atomic E-state index is 11.9. The van der Waals surface area contributed by atoms with E-state index in [1.807, 2.05) is 0 Å². The number of nitrogens with one attached hydrogen (secondary N) is 1. The Bertz CT molecular complexity index is 517. The van der Waals surface area contributed by atoms with Gasteiger partial charge in [0.15, 0.2) is 0 Å². The molecule has 1 aromatic rings. The Morgan fingerprint density at radius 3 is 2.50 bits per heavy atom. The number of amides is 1. The van der Waals surface area contributed by atoms with E-state index < -0.39 is 5.97 Å². The number of esters is 1. The van der Waals surface area contributed by atoms with Gasteiger partial charge in [0, 0.05) is 17.3 Å². The van der Waals surface area contributed by atoms with E-state index in [0.29, 0.717) is 17.0 Å². The summed E-state index contributed by atoms with van der Waals surface area (Å²) in [5.41, 5.74) is 0.873. The molecular formula is C15H17NO4. The summed E-state index contributed by atoms with van der Waals surface area (Å²) in [5, 5.41) is 2.60. The molecule has 20 heavy (non-hydrogen) atoms. The number of carbonyl (C=O) groups is 2. The van der Waals surface area contributed by atoms with Crippen LogP contribution < -0.4 is 10.1 Å². The second-order valence-corrected chi connectivity index (χ2v) is 3.93. The van der Waals surface area contributed by atoms with Gasteiger partial charge >= 0.3 is 5.97 Å². The number of benzene rings is 1. The molecule has 5 nitrogen and oxygen atoms in total. The predicted molar refractivity (Wildman–Crippen MR) is 75.4 cm³/mol. The first kappa shape index (κ1) is 15.5. The quantitative estimate of drug-likeness (QED) is 0.490. The van der Waals surface area contributed by atoms with Crippen molar-refractivity contribution in [2.45, 2.75) is 6.92 Å². The van der Waals surface area contributed by atoms with Crippen LogP contribution in [0, 0.1) is 0 Å². The lowest BCUT2D eigenvalue weighted by Crippen LogP contribution is -2.22. The summed E-state index contributed by atoms with van der Waals surface area (Å²) in [7, 11) is 1.55. The highest BCUT2D eigenvalue weighted by Crippen LogP contribution is 2.11. The van der Waals surface area contributed by atoms with Crippen molar-refractivity contribution in [1.29, 1.82) is 0 Å². The molecule has 0 radical (unpaired) electrons. The minimum Gasteiger partial charge on any atom is -0.497 e. The van der Waals surface area contributed by atoms with Crippen LogP contribution in [0.1, 0.15) is 17.3 Å². The Kier molecular flexibility index (Phi) is 6.03. The van der Waals surface area contributed by atoms with Crippen LogP contribution in [-0.4, -0.2) is 25.6 Å². The molecule has 0 heterocycles. The second-order valence-electron chi connectivity index (χ2n) is 3.93. The first-order valence-corrected chi connectivity index (χ1v) is 5.98. The third kappa shape index (κ3) is 4.97. The van der Waals surface area contributed by atoms with Crippen molar-refractivity contribution in [2.24, 2.45) is 0 Å². The van der Waals surface area contributed by atoms with Gasteiger partial charge in [-0.25, -0.2) is 4.79 Å². The largest absolute Gasteiger partial charge is 0.497 e. The minimum absolute atomic E-state index is 0.134. The Hall–Kier alpha value is -2.56. The summed E-state index contributed by atoms with van der Waals surface area (Å²) in [6.07, 6.45) is 2.68. The van der Waals surface area contributed by atoms with Crippen molar-refractivity contribution >= 4 is 11.9 Å². The Morgan fingerprint density at radius 1 is 1.30 bits per heavy atom. The lowest BCUT2D eigenvalue weighted by Gasteiger charge is -2.06. The molecule has 0 aliphatic carbocycles. The molecule has 1 aromatic carbocycles. The maximum Gasteiger partial charge on any atom is 0.332 e. The van der Waals surface area contributed by atoms with Crippen molar-refractivity contribution in [3.8, 4) is 5.75 Å². The van der Waals surface area contributed by atoms with Crippen molar-refractivity contribution in [1.82, 2.24) is 5.32 Å². The van der Waals surface area contributed by atoms with E-state index >= 15 is 0 Å². The summed E-state index contributed by atoms with van der Waals surface area (Å²) in [6, 6.07) is 6.65. The zero-order chi connectivity index (χ0) is 15.0. The van der Waals surface area contributed by atoms with Gasteiger partial charge in [0.05, 0.1) is 7.11 Å². The van der Waals surface area contributed by atoms with Crippen molar-refractivity contribution in [3.63, 3.8) is 0 Å². The molecular weight excluding hydrogens is 258 g/mol. The fourth-order valence-electron chi connectivity index (χ4n) is 1.39. The van der Waals surface area contributed by atoms with Crippen LogP contribution in [0.25, 0.3) is 0 Å². The van der Waals surface area contributed by atoms with Crippen LogP contribution in [0.5, 0.6) is 5.75 Å². The highest BCUT2D eigenvalue weighted by molar-refractivity contribution is 5.96. The summed E-state index contributed by atoms with van der Waals surface area (Å²) in [4.78, 5) is 23.2. The van der Waals surface area contributed by atoms with Crippen LogP contribution in [0.4, 0.5) is 0 Å². The summed E-state index contributed by atoms with van der Waals surface area (Å²) < 4.78 is 9.79. The second kappa shape index (κ2) is 7.78. The Morgan fingerprint density at radius 2 is 1.95 bits per heavy atom. The maximum atomic E-state index is 11.9. The van der Waals surface area contributed by atoms with Gasteiger partial charge in [-0.1, -0.05) is 12.7 Å². The van der Waals surface area contributed by atoms with Gasteiger partial charge in [-0.15, -0.1) is 0 Å². The Balaban J connectivity index is 2.62. The molecule has 0 atom stereocenters. The summed E-state index contributed by atoms with van der Waals surface area (Å²) in [5.74, 6) is -0.169. The molecule has 0 fully saturated rings. The lowest BCUT2D eigenvalue weighted by molar-refractivity contribution is -0.136. The third-order valence-corrected chi connectivity index (χ3v) is 2.34. The lowest BCUT2D eigenvalue weighted by atomic mass is 10.2. The zero-order valence-corrected chi connectivity index (χ0v) is 11.5. The van der Waals surface area contributed by atoms with Gasteiger partial charge in [0.25, 0.3) is 5.91 Å². The molecule has 0 unspecified atom stereocenters. The average molecular weight is 275 g/mol. The van der Waals surface area contributed by atoms with Gasteiger partial charge in [-0.05, 0) is 31.2 Å². The van der Waals surface area contributed by atoms with E-state index in [1.54, 1.807) is 38.3 Å². The van der Waals surface area contributed by atoms with Crippen molar-refractivity contribution in [3.05, 3.63) is 54.3 Å². The first-order valence-electron chi connectivity index (χ1n) is 5.98. The number of allylic oxidation sites excluding steroid dienone is 1. The van der Waals surface area contributed by atoms with E-state index in [2.05, 4.69) is 11.9 Å². The van der Waals surface area contributed by atoms with Gasteiger partial charge in [0.2, 0.25) is 0 Å². The van der Waals surface area contributed by atoms with E-state index in [-0.39, 0.29) is 12.5 Å². The predicted octanol–water partition coefficient (Wildman–Crippen LogP) is 2.06. The third-order valence-electron chi connectivity index (χ3n) is 2.34. The minimum atomic E-state index is -0.530. The number of hydrogen-bond acceptors (Lipinski definition) is 4. The summed E-state index contributed by atoms with van der Waals surface area (Å²) >= 11 is 0. The normalized spacial score (nSPS) is 10.6. The monoisotopic (exact) mass is 275 g/mol. The highest BCUT2D eigenvalue weighted by atomic mass is 16.5. The van der Waals surface area contributed by atoms with Gasteiger partial charge in [0.1, 0.15) is 12.4 Å². The molecule has 1 N–H and O–H groups in total. The Labute approximate surface area is 117 Å². The number of hydrogen-bond donors (Lipinski definition) is 1. The van der Waals surface area contributed by atoms with Crippen molar-refractivity contribution in [2.75, 3.05) is 13.7 Å². The van der Waals surface area contributed by atoms with Crippen LogP contribution in [0.3, 0.4) is 0 Å². The van der Waals surface area contributed by atoms with Crippen LogP contribution in [0.2, 0.25) is 0 Å². The number of ether oxygens (including phenoxy) is 2. The SMILES string of the molecule is C=CCOC(=O)/C=C(/C)NC(=O)c1ccc(OC)cc1. The fraction of sp³-hybridized carbons (Fsp3) is 0.200. The molecule has 0 bridgehead atoms. The number of carbonyl (C=O) groups excluding carboxylic acids is 2. The molecule has 1 rings (SSSR count). The molecule has 106 valence electrons. The van der Waals surface area contributed by atoms with Crippen LogP contribution >= 0.6 is 0 Å². The number of methoxy groups -OCH3 is 1. The van der Waals surface area contributed by atoms with Gasteiger partial charge in [-0.2, -0.15) is 0 Å². The first-order chi connectivity index (χ1) is 9.56. The smallest absolute Gasteiger partial charge is 0.332 e. The molecule has 0 aliphatic heterocycles. The van der Waals surface area contributed by atoms with E-state index in [4.69, 9.17) is 9.47 Å². The van der Waals surface area contributed by atoms with E-state index in [1.165, 1.54) is 12.2 Å². The molecule has 0 aromatic heterocycles. The standard InChI is InChI=1S/C15H17NO4/c1-4-9-20-14(17)10-11(2)16-15(18)12-5-7-13(19-3)8-6-12/h4-8,10H,1,9H2,2-3H3,(H,16,18)/b11-10-.